The van der Waals surface area contributed by atoms with Gasteiger partial charge in [0, 0.05) is 16.0 Å². The normalized spacial score (nSPS) is 12.2. The van der Waals surface area contributed by atoms with Crippen LogP contribution in [0.1, 0.15) is 20.3 Å². The van der Waals surface area contributed by atoms with Gasteiger partial charge in [0.25, 0.3) is 0 Å². The zero-order valence-electron chi connectivity index (χ0n) is 11.3. The molecule has 0 aliphatic rings. The van der Waals surface area contributed by atoms with Gasteiger partial charge in [-0.3, -0.25) is 0 Å². The van der Waals surface area contributed by atoms with Crippen molar-refractivity contribution in [1.82, 2.24) is 9.97 Å². The van der Waals surface area contributed by atoms with Crippen molar-refractivity contribution in [2.45, 2.75) is 36.4 Å². The van der Waals surface area contributed by atoms with Crippen molar-refractivity contribution in [3.05, 3.63) is 35.4 Å². The first-order valence-electron chi connectivity index (χ1n) is 6.31. The molecule has 0 bridgehead atoms. The van der Waals surface area contributed by atoms with E-state index in [0.717, 1.165) is 11.3 Å². The van der Waals surface area contributed by atoms with Crippen molar-refractivity contribution >= 4 is 29.2 Å². The van der Waals surface area contributed by atoms with Gasteiger partial charge in [-0.2, -0.15) is 4.98 Å². The predicted octanol–water partition coefficient (Wildman–Crippen LogP) is 4.04. The lowest BCUT2D eigenvalue weighted by Crippen LogP contribution is -2.11. The SMILES string of the molecule is CCC(C)Oc1cc(N)nc(Sc2cccc(Cl)c2)n1. The van der Waals surface area contributed by atoms with Crippen LogP contribution in [0.25, 0.3) is 0 Å². The molecule has 6 heteroatoms. The van der Waals surface area contributed by atoms with Crippen LogP contribution >= 0.6 is 23.4 Å². The number of anilines is 1. The van der Waals surface area contributed by atoms with Crippen molar-refractivity contribution in [2.75, 3.05) is 5.73 Å². The molecule has 106 valence electrons. The molecule has 1 heterocycles. The minimum Gasteiger partial charge on any atom is -0.475 e. The van der Waals surface area contributed by atoms with Crippen LogP contribution in [0.2, 0.25) is 5.02 Å². The van der Waals surface area contributed by atoms with E-state index in [9.17, 15) is 0 Å². The fraction of sp³-hybridized carbons (Fsp3) is 0.286. The molecular formula is C14H16ClN3OS. The summed E-state index contributed by atoms with van der Waals surface area (Å²) in [6.07, 6.45) is 0.994. The molecular weight excluding hydrogens is 294 g/mol. The van der Waals surface area contributed by atoms with E-state index in [0.29, 0.717) is 21.9 Å². The molecule has 2 rings (SSSR count). The maximum atomic E-state index is 5.96. The molecule has 0 radical (unpaired) electrons. The van der Waals surface area contributed by atoms with Crippen LogP contribution in [-0.2, 0) is 0 Å². The number of hydrogen-bond acceptors (Lipinski definition) is 5. The van der Waals surface area contributed by atoms with Crippen LogP contribution < -0.4 is 10.5 Å². The number of benzene rings is 1. The van der Waals surface area contributed by atoms with Crippen LogP contribution in [0.4, 0.5) is 5.82 Å². The van der Waals surface area contributed by atoms with Crippen LogP contribution in [0.15, 0.2) is 40.4 Å². The van der Waals surface area contributed by atoms with Gasteiger partial charge in [0.05, 0.1) is 6.10 Å². The molecule has 1 unspecified atom stereocenters. The number of nitrogens with zero attached hydrogens (tertiary/aromatic N) is 2. The van der Waals surface area contributed by atoms with E-state index in [1.54, 1.807) is 6.07 Å². The summed E-state index contributed by atoms with van der Waals surface area (Å²) in [7, 11) is 0. The van der Waals surface area contributed by atoms with E-state index >= 15 is 0 Å². The second kappa shape index (κ2) is 6.81. The fourth-order valence-corrected chi connectivity index (χ4v) is 2.54. The molecule has 1 atom stereocenters. The Kier molecular flexibility index (Phi) is 5.09. The first kappa shape index (κ1) is 14.9. The number of aromatic nitrogens is 2. The van der Waals surface area contributed by atoms with Crippen molar-refractivity contribution in [2.24, 2.45) is 0 Å². The van der Waals surface area contributed by atoms with E-state index in [4.69, 9.17) is 22.1 Å². The highest BCUT2D eigenvalue weighted by Gasteiger charge is 2.08. The fourth-order valence-electron chi connectivity index (χ4n) is 1.45. The maximum Gasteiger partial charge on any atom is 0.219 e. The Morgan fingerprint density at radius 1 is 1.35 bits per heavy atom. The Morgan fingerprint density at radius 3 is 2.85 bits per heavy atom. The van der Waals surface area contributed by atoms with Crippen LogP contribution in [-0.4, -0.2) is 16.1 Å². The van der Waals surface area contributed by atoms with E-state index < -0.39 is 0 Å². The number of halogens is 1. The second-order valence-corrected chi connectivity index (χ2v) is 5.79. The predicted molar refractivity (Wildman–Crippen MR) is 82.4 cm³/mol. The van der Waals surface area contributed by atoms with Gasteiger partial charge in [-0.15, -0.1) is 0 Å². The molecule has 0 aliphatic carbocycles. The average Bonchev–Trinajstić information content (AvgIpc) is 2.37. The number of ether oxygens (including phenoxy) is 1. The van der Waals surface area contributed by atoms with Crippen LogP contribution in [0.5, 0.6) is 5.88 Å². The Labute approximate surface area is 127 Å². The van der Waals surface area contributed by atoms with Crippen molar-refractivity contribution < 1.29 is 4.74 Å². The van der Waals surface area contributed by atoms with Gasteiger partial charge in [0.1, 0.15) is 5.82 Å². The molecule has 1 aromatic carbocycles. The van der Waals surface area contributed by atoms with E-state index in [2.05, 4.69) is 16.9 Å². The maximum absolute atomic E-state index is 5.96. The third-order valence-corrected chi connectivity index (χ3v) is 3.69. The van der Waals surface area contributed by atoms with E-state index in [1.807, 2.05) is 31.2 Å². The highest BCUT2D eigenvalue weighted by Crippen LogP contribution is 2.28. The van der Waals surface area contributed by atoms with Crippen LogP contribution in [0, 0.1) is 0 Å². The Bertz CT molecular complexity index is 594. The molecule has 20 heavy (non-hydrogen) atoms. The van der Waals surface area contributed by atoms with Gasteiger partial charge in [-0.1, -0.05) is 24.6 Å². The summed E-state index contributed by atoms with van der Waals surface area (Å²) < 4.78 is 5.68. The summed E-state index contributed by atoms with van der Waals surface area (Å²) in [5.74, 6) is 0.888. The van der Waals surface area contributed by atoms with Gasteiger partial charge >= 0.3 is 0 Å². The van der Waals surface area contributed by atoms with Gasteiger partial charge in [0.2, 0.25) is 5.88 Å². The lowest BCUT2D eigenvalue weighted by Gasteiger charge is -2.12. The molecule has 0 saturated heterocycles. The van der Waals surface area contributed by atoms with Crippen LogP contribution in [0.3, 0.4) is 0 Å². The lowest BCUT2D eigenvalue weighted by atomic mass is 10.3. The molecule has 4 nitrogen and oxygen atoms in total. The minimum atomic E-state index is 0.0910. The standard InChI is InChI=1S/C14H16ClN3OS/c1-3-9(2)19-13-8-12(16)17-14(18-13)20-11-6-4-5-10(15)7-11/h4-9H,3H2,1-2H3,(H2,16,17,18). The molecule has 2 aromatic rings. The molecule has 1 aromatic heterocycles. The second-order valence-electron chi connectivity index (χ2n) is 4.31. The number of nitrogens with two attached hydrogens (primary N) is 1. The van der Waals surface area contributed by atoms with Gasteiger partial charge in [-0.25, -0.2) is 4.98 Å². The first-order chi connectivity index (χ1) is 9.56. The molecule has 0 spiro atoms. The van der Waals surface area contributed by atoms with Crippen molar-refractivity contribution in [1.29, 1.82) is 0 Å². The van der Waals surface area contributed by atoms with E-state index in [1.165, 1.54) is 11.8 Å². The lowest BCUT2D eigenvalue weighted by molar-refractivity contribution is 0.207. The average molecular weight is 310 g/mol. The number of nitrogen functional groups attached to an aromatic ring is 1. The summed E-state index contributed by atoms with van der Waals surface area (Å²) in [4.78, 5) is 9.51. The number of hydrogen-bond donors (Lipinski definition) is 1. The van der Waals surface area contributed by atoms with Crippen molar-refractivity contribution in [3.8, 4) is 5.88 Å². The summed E-state index contributed by atoms with van der Waals surface area (Å²) in [6.45, 7) is 4.04. The molecule has 0 saturated carbocycles. The van der Waals surface area contributed by atoms with Gasteiger partial charge in [-0.05, 0) is 43.3 Å². The third-order valence-electron chi connectivity index (χ3n) is 2.60. The van der Waals surface area contributed by atoms with E-state index in [-0.39, 0.29) is 6.10 Å². The Morgan fingerprint density at radius 2 is 2.15 bits per heavy atom. The van der Waals surface area contributed by atoms with Gasteiger partial charge < -0.3 is 10.5 Å². The highest BCUT2D eigenvalue weighted by molar-refractivity contribution is 7.99. The molecule has 0 fully saturated rings. The summed E-state index contributed by atoms with van der Waals surface area (Å²) in [6, 6.07) is 9.14. The molecule has 0 amide bonds. The van der Waals surface area contributed by atoms with Crippen molar-refractivity contribution in [3.63, 3.8) is 0 Å². The van der Waals surface area contributed by atoms with Gasteiger partial charge in [0.15, 0.2) is 5.16 Å². The highest BCUT2D eigenvalue weighted by atomic mass is 35.5. The summed E-state index contributed by atoms with van der Waals surface area (Å²) in [5, 5.41) is 1.22. The Hall–Kier alpha value is -1.46. The first-order valence-corrected chi connectivity index (χ1v) is 7.51. The third kappa shape index (κ3) is 4.28. The zero-order valence-corrected chi connectivity index (χ0v) is 12.9. The Balaban J connectivity index is 2.19. The zero-order chi connectivity index (χ0) is 14.5. The molecule has 2 N–H and O–H groups in total. The molecule has 0 aliphatic heterocycles. The monoisotopic (exact) mass is 309 g/mol. The topological polar surface area (TPSA) is 61.0 Å². The smallest absolute Gasteiger partial charge is 0.219 e. The largest absolute Gasteiger partial charge is 0.475 e. The summed E-state index contributed by atoms with van der Waals surface area (Å²) >= 11 is 7.36. The minimum absolute atomic E-state index is 0.0910. The quantitative estimate of drug-likeness (QED) is 0.845. The number of rotatable bonds is 5. The summed E-state index contributed by atoms with van der Waals surface area (Å²) in [5.41, 5.74) is 5.79.